The lowest BCUT2D eigenvalue weighted by Crippen LogP contribution is -2.34. The molecule has 37 heavy (non-hydrogen) atoms. The number of methoxy groups -OCH3 is 2. The molecule has 3 rings (SSSR count). The van der Waals surface area contributed by atoms with E-state index in [1.54, 1.807) is 12.2 Å². The maximum atomic E-state index is 13.8. The van der Waals surface area contributed by atoms with Gasteiger partial charge in [-0.2, -0.15) is 4.72 Å². The average molecular weight is 534 g/mol. The molecule has 10 nitrogen and oxygen atoms in total. The molecular formula is C26H35N3O7S. The highest BCUT2D eigenvalue weighted by molar-refractivity contribution is 7.89. The van der Waals surface area contributed by atoms with Gasteiger partial charge in [-0.1, -0.05) is 37.3 Å². The number of aromatic amines is 1. The summed E-state index contributed by atoms with van der Waals surface area (Å²) in [6.45, 7) is 8.61. The van der Waals surface area contributed by atoms with Crippen LogP contribution in [0.1, 0.15) is 64.0 Å². The maximum absolute atomic E-state index is 13.8. The second-order valence-corrected chi connectivity index (χ2v) is 11.1. The van der Waals surface area contributed by atoms with Gasteiger partial charge in [0, 0.05) is 5.92 Å². The van der Waals surface area contributed by atoms with Gasteiger partial charge >= 0.3 is 5.76 Å². The highest BCUT2D eigenvalue weighted by Crippen LogP contribution is 2.42. The summed E-state index contributed by atoms with van der Waals surface area (Å²) in [6.07, 6.45) is 9.24. The quantitative estimate of drug-likeness (QED) is 0.369. The molecule has 1 aromatic heterocycles. The van der Waals surface area contributed by atoms with Gasteiger partial charge in [0.1, 0.15) is 22.4 Å². The number of H-pyrrole nitrogens is 1. The highest BCUT2D eigenvalue weighted by atomic mass is 32.2. The molecule has 1 aliphatic rings. The Morgan fingerprint density at radius 2 is 1.95 bits per heavy atom. The van der Waals surface area contributed by atoms with Crippen LogP contribution < -0.4 is 20.0 Å². The van der Waals surface area contributed by atoms with Crippen LogP contribution in [0.4, 0.5) is 0 Å². The Morgan fingerprint density at radius 3 is 2.46 bits per heavy atom. The number of nitrogens with zero attached hydrogens (tertiary/aromatic N) is 1. The predicted octanol–water partition coefficient (Wildman–Crippen LogP) is 3.88. The zero-order valence-electron chi connectivity index (χ0n) is 21.8. The monoisotopic (exact) mass is 533 g/mol. The zero-order valence-corrected chi connectivity index (χ0v) is 22.6. The second kappa shape index (κ2) is 11.5. The number of hydrogen-bond acceptors (Lipinski definition) is 8. The van der Waals surface area contributed by atoms with Crippen LogP contribution in [0.5, 0.6) is 11.5 Å². The summed E-state index contributed by atoms with van der Waals surface area (Å²) in [6, 6.07) is 1.76. The molecule has 202 valence electrons. The van der Waals surface area contributed by atoms with E-state index in [1.807, 2.05) is 13.0 Å². The van der Waals surface area contributed by atoms with E-state index >= 15 is 0 Å². The van der Waals surface area contributed by atoms with Crippen LogP contribution in [-0.2, 0) is 15.6 Å². The van der Waals surface area contributed by atoms with Gasteiger partial charge in [0.2, 0.25) is 15.9 Å². The van der Waals surface area contributed by atoms with Gasteiger partial charge in [0.15, 0.2) is 0 Å². The molecule has 11 heteroatoms. The second-order valence-electron chi connectivity index (χ2n) is 9.43. The molecule has 1 fully saturated rings. The van der Waals surface area contributed by atoms with Gasteiger partial charge in [-0.25, -0.2) is 18.3 Å². The fourth-order valence-electron chi connectivity index (χ4n) is 4.71. The molecule has 3 N–H and O–H groups in total. The number of aromatic nitrogens is 2. The fourth-order valence-corrected chi connectivity index (χ4v) is 6.16. The third kappa shape index (κ3) is 6.23. The van der Waals surface area contributed by atoms with Crippen molar-refractivity contribution in [2.24, 2.45) is 5.92 Å². The van der Waals surface area contributed by atoms with Crippen molar-refractivity contribution in [2.75, 3.05) is 14.2 Å². The van der Waals surface area contributed by atoms with E-state index in [0.717, 1.165) is 31.3 Å². The third-order valence-electron chi connectivity index (χ3n) is 6.43. The molecule has 1 aromatic carbocycles. The molecule has 0 unspecified atom stereocenters. The van der Waals surface area contributed by atoms with Crippen molar-refractivity contribution in [3.8, 4) is 11.5 Å². The highest BCUT2D eigenvalue weighted by Gasteiger charge is 2.36. The molecule has 2 atom stereocenters. The smallest absolute Gasteiger partial charge is 0.434 e. The van der Waals surface area contributed by atoms with Crippen molar-refractivity contribution in [1.29, 1.82) is 0 Å². The standard InChI is InChI=1S/C26H35N3O7S/c1-7-8-13-18(17-11-9-10-12-17)16(2)22(24-27-28-25(30)36-24)29-37(32,33)20-15-14-19(34-5)21(23(20)35-6)26(3,4)31/h7-8,13-16,22,29,31H,1,9-12H2,2-6H3,(H,28,30)/b13-8-/t16-,22+/m1/s1. The third-order valence-corrected chi connectivity index (χ3v) is 7.89. The van der Waals surface area contributed by atoms with Crippen LogP contribution >= 0.6 is 0 Å². The van der Waals surface area contributed by atoms with E-state index in [2.05, 4.69) is 21.5 Å². The Balaban J connectivity index is 2.16. The summed E-state index contributed by atoms with van der Waals surface area (Å²) in [7, 11) is -1.56. The van der Waals surface area contributed by atoms with E-state index in [1.165, 1.54) is 45.8 Å². The van der Waals surface area contributed by atoms with Crippen molar-refractivity contribution in [1.82, 2.24) is 14.9 Å². The van der Waals surface area contributed by atoms with E-state index in [-0.39, 0.29) is 27.8 Å². The van der Waals surface area contributed by atoms with Crippen molar-refractivity contribution in [3.05, 3.63) is 70.1 Å². The largest absolute Gasteiger partial charge is 0.496 e. The lowest BCUT2D eigenvalue weighted by molar-refractivity contribution is 0.0721. The van der Waals surface area contributed by atoms with Crippen LogP contribution in [0.2, 0.25) is 0 Å². The predicted molar refractivity (Wildman–Crippen MR) is 139 cm³/mol. The van der Waals surface area contributed by atoms with Crippen molar-refractivity contribution in [3.63, 3.8) is 0 Å². The van der Waals surface area contributed by atoms with Gasteiger partial charge in [0.25, 0.3) is 0 Å². The zero-order chi connectivity index (χ0) is 27.4. The van der Waals surface area contributed by atoms with Crippen LogP contribution in [0.15, 0.2) is 62.2 Å². The molecule has 0 aliphatic heterocycles. The van der Waals surface area contributed by atoms with E-state index in [9.17, 15) is 18.3 Å². The number of hydrogen-bond donors (Lipinski definition) is 3. The number of sulfonamides is 1. The Labute approximate surface area is 217 Å². The maximum Gasteiger partial charge on any atom is 0.434 e. The molecule has 2 aromatic rings. The number of nitrogens with one attached hydrogen (secondary N) is 2. The molecular weight excluding hydrogens is 498 g/mol. The summed E-state index contributed by atoms with van der Waals surface area (Å²) in [5.74, 6) is -1.14. The lowest BCUT2D eigenvalue weighted by atomic mass is 9.88. The van der Waals surface area contributed by atoms with Crippen LogP contribution in [0.3, 0.4) is 0 Å². The molecule has 0 bridgehead atoms. The molecule has 1 saturated carbocycles. The van der Waals surface area contributed by atoms with Gasteiger partial charge in [-0.3, -0.25) is 0 Å². The molecule has 0 amide bonds. The van der Waals surface area contributed by atoms with E-state index < -0.39 is 33.3 Å². The summed E-state index contributed by atoms with van der Waals surface area (Å²) < 4.78 is 46.4. The Hall–Kier alpha value is -3.15. The number of ether oxygens (including phenoxy) is 2. The van der Waals surface area contributed by atoms with Gasteiger partial charge < -0.3 is 19.0 Å². The number of aliphatic hydroxyl groups is 1. The summed E-state index contributed by atoms with van der Waals surface area (Å²) >= 11 is 0. The summed E-state index contributed by atoms with van der Waals surface area (Å²) in [5.41, 5.74) is 0.840. The minimum absolute atomic E-state index is 0.0600. The first-order valence-electron chi connectivity index (χ1n) is 12.0. The first kappa shape index (κ1) is 28.4. The van der Waals surface area contributed by atoms with E-state index in [4.69, 9.17) is 13.9 Å². The molecule has 0 spiro atoms. The minimum atomic E-state index is -4.30. The average Bonchev–Trinajstić information content (AvgIpc) is 3.53. The lowest BCUT2D eigenvalue weighted by Gasteiger charge is -2.27. The SMILES string of the molecule is C=C/C=C\C(=C1CCCC1)[C@@H](C)[C@H](NS(=O)(=O)c1ccc(OC)c(C(C)(C)O)c1OC)c1n[nH]c(=O)o1. The first-order valence-corrected chi connectivity index (χ1v) is 13.5. The Morgan fingerprint density at radius 1 is 1.27 bits per heavy atom. The molecule has 1 heterocycles. The first-order chi connectivity index (χ1) is 17.4. The normalized spacial score (nSPS) is 16.1. The van der Waals surface area contributed by atoms with Gasteiger partial charge in [-0.05, 0) is 57.2 Å². The van der Waals surface area contributed by atoms with Crippen LogP contribution in [0.25, 0.3) is 0 Å². The Kier molecular flexibility index (Phi) is 8.83. The van der Waals surface area contributed by atoms with Crippen molar-refractivity contribution >= 4 is 10.0 Å². The minimum Gasteiger partial charge on any atom is -0.496 e. The number of benzene rings is 1. The van der Waals surface area contributed by atoms with E-state index in [0.29, 0.717) is 0 Å². The van der Waals surface area contributed by atoms with Crippen molar-refractivity contribution < 1.29 is 27.4 Å². The molecule has 0 radical (unpaired) electrons. The van der Waals surface area contributed by atoms with Gasteiger partial charge in [0.05, 0.1) is 25.4 Å². The number of rotatable bonds is 11. The summed E-state index contributed by atoms with van der Waals surface area (Å²) in [5, 5.41) is 16.9. The number of allylic oxidation sites excluding steroid dienone is 4. The molecule has 1 aliphatic carbocycles. The Bertz CT molecular complexity index is 1340. The van der Waals surface area contributed by atoms with Gasteiger partial charge in [-0.15, -0.1) is 5.10 Å². The van der Waals surface area contributed by atoms with Crippen LogP contribution in [-0.4, -0.2) is 37.9 Å². The van der Waals surface area contributed by atoms with Crippen molar-refractivity contribution in [2.45, 2.75) is 63.0 Å². The topological polar surface area (TPSA) is 144 Å². The molecule has 0 saturated heterocycles. The fraction of sp³-hybridized carbons (Fsp3) is 0.462. The summed E-state index contributed by atoms with van der Waals surface area (Å²) in [4.78, 5) is 11.6. The van der Waals surface area contributed by atoms with Crippen LogP contribution in [0, 0.1) is 5.92 Å².